The van der Waals surface area contributed by atoms with Crippen LogP contribution in [0.15, 0.2) is 72.9 Å². The van der Waals surface area contributed by atoms with Gasteiger partial charge in [-0.25, -0.2) is 0 Å². The van der Waals surface area contributed by atoms with E-state index in [1.165, 1.54) is 5.39 Å². The van der Waals surface area contributed by atoms with Gasteiger partial charge >= 0.3 is 0 Å². The van der Waals surface area contributed by atoms with Crippen molar-refractivity contribution in [2.45, 2.75) is 6.42 Å². The van der Waals surface area contributed by atoms with Crippen molar-refractivity contribution >= 4 is 21.5 Å². The Morgan fingerprint density at radius 1 is 0.727 bits per heavy atom. The highest BCUT2D eigenvalue weighted by atomic mass is 16.3. The molecule has 0 spiro atoms. The third-order valence-corrected chi connectivity index (χ3v) is 4.12. The molecule has 22 heavy (non-hydrogen) atoms. The van der Waals surface area contributed by atoms with Gasteiger partial charge < -0.3 is 5.11 Å². The molecule has 1 aromatic heterocycles. The topological polar surface area (TPSA) is 33.1 Å². The van der Waals surface area contributed by atoms with Gasteiger partial charge in [-0.05, 0) is 28.3 Å². The highest BCUT2D eigenvalue weighted by molar-refractivity contribution is 5.89. The minimum absolute atomic E-state index is 0.327. The first-order valence-electron chi connectivity index (χ1n) is 7.35. The first-order chi connectivity index (χ1) is 10.8. The van der Waals surface area contributed by atoms with E-state index in [0.29, 0.717) is 12.2 Å². The minimum atomic E-state index is 0.327. The summed E-state index contributed by atoms with van der Waals surface area (Å²) in [6, 6.07) is 22.1. The number of rotatable bonds is 2. The van der Waals surface area contributed by atoms with E-state index in [1.54, 1.807) is 6.07 Å². The van der Waals surface area contributed by atoms with E-state index < -0.39 is 0 Å². The molecular weight excluding hydrogens is 270 g/mol. The summed E-state index contributed by atoms with van der Waals surface area (Å²) in [5.74, 6) is 0.327. The van der Waals surface area contributed by atoms with Crippen LogP contribution >= 0.6 is 0 Å². The number of aromatic nitrogens is 1. The smallest absolute Gasteiger partial charge is 0.119 e. The van der Waals surface area contributed by atoms with Crippen molar-refractivity contribution in [1.82, 2.24) is 4.98 Å². The van der Waals surface area contributed by atoms with Crippen molar-refractivity contribution < 1.29 is 5.11 Å². The molecule has 0 amide bonds. The summed E-state index contributed by atoms with van der Waals surface area (Å²) < 4.78 is 0. The van der Waals surface area contributed by atoms with Gasteiger partial charge in [0.05, 0.1) is 5.69 Å². The highest BCUT2D eigenvalue weighted by Gasteiger charge is 2.10. The second kappa shape index (κ2) is 5.15. The number of benzene rings is 3. The van der Waals surface area contributed by atoms with E-state index in [-0.39, 0.29) is 0 Å². The van der Waals surface area contributed by atoms with Crippen LogP contribution in [0.2, 0.25) is 0 Å². The molecule has 0 aliphatic carbocycles. The van der Waals surface area contributed by atoms with Crippen molar-refractivity contribution in [3.63, 3.8) is 0 Å². The Kier molecular flexibility index (Phi) is 3.01. The van der Waals surface area contributed by atoms with Gasteiger partial charge in [0.1, 0.15) is 5.75 Å². The Hall–Kier alpha value is -2.87. The third kappa shape index (κ3) is 2.09. The fourth-order valence-corrected chi connectivity index (χ4v) is 3.00. The van der Waals surface area contributed by atoms with Crippen LogP contribution in [0.1, 0.15) is 11.3 Å². The summed E-state index contributed by atoms with van der Waals surface area (Å²) in [7, 11) is 0. The van der Waals surface area contributed by atoms with Crippen LogP contribution in [0.25, 0.3) is 21.5 Å². The molecular formula is C20H15NO. The largest absolute Gasteiger partial charge is 0.508 e. The third-order valence-electron chi connectivity index (χ3n) is 4.12. The molecule has 0 aliphatic heterocycles. The number of phenols is 1. The summed E-state index contributed by atoms with van der Waals surface area (Å²) in [4.78, 5) is 4.54. The highest BCUT2D eigenvalue weighted by Crippen LogP contribution is 2.30. The Bertz CT molecular complexity index is 970. The zero-order valence-electron chi connectivity index (χ0n) is 12.0. The van der Waals surface area contributed by atoms with Gasteiger partial charge in [-0.15, -0.1) is 0 Å². The molecule has 106 valence electrons. The van der Waals surface area contributed by atoms with Crippen molar-refractivity contribution in [3.05, 3.63) is 84.2 Å². The summed E-state index contributed by atoms with van der Waals surface area (Å²) >= 11 is 0. The summed E-state index contributed by atoms with van der Waals surface area (Å²) in [6.45, 7) is 0. The molecule has 0 bridgehead atoms. The van der Waals surface area contributed by atoms with Gasteiger partial charge in [-0.1, -0.05) is 54.6 Å². The Balaban J connectivity index is 1.91. The van der Waals surface area contributed by atoms with Crippen LogP contribution in [0.4, 0.5) is 0 Å². The maximum Gasteiger partial charge on any atom is 0.119 e. The summed E-state index contributed by atoms with van der Waals surface area (Å²) in [5, 5.41) is 14.8. The molecule has 0 unspecified atom stereocenters. The minimum Gasteiger partial charge on any atom is -0.508 e. The number of phenolic OH excluding ortho intramolecular Hbond substituents is 1. The first kappa shape index (κ1) is 12.8. The van der Waals surface area contributed by atoms with E-state index >= 15 is 0 Å². The lowest BCUT2D eigenvalue weighted by atomic mass is 9.97. The maximum absolute atomic E-state index is 10.3. The zero-order chi connectivity index (χ0) is 14.9. The lowest BCUT2D eigenvalue weighted by Gasteiger charge is -2.10. The average molecular weight is 285 g/mol. The molecule has 0 saturated heterocycles. The quantitative estimate of drug-likeness (QED) is 0.580. The van der Waals surface area contributed by atoms with Gasteiger partial charge in [0.25, 0.3) is 0 Å². The Labute approximate surface area is 128 Å². The lowest BCUT2D eigenvalue weighted by molar-refractivity contribution is 0.470. The van der Waals surface area contributed by atoms with Gasteiger partial charge in [-0.2, -0.15) is 0 Å². The molecule has 3 aromatic carbocycles. The molecule has 4 rings (SSSR count). The van der Waals surface area contributed by atoms with Gasteiger partial charge in [0.15, 0.2) is 0 Å². The van der Waals surface area contributed by atoms with E-state index in [0.717, 1.165) is 27.4 Å². The van der Waals surface area contributed by atoms with Crippen molar-refractivity contribution in [2.75, 3.05) is 0 Å². The number of nitrogens with zero attached hydrogens (tertiary/aromatic N) is 1. The zero-order valence-corrected chi connectivity index (χ0v) is 12.0. The lowest BCUT2D eigenvalue weighted by Crippen LogP contribution is -1.95. The predicted molar refractivity (Wildman–Crippen MR) is 90.2 cm³/mol. The molecule has 2 nitrogen and oxygen atoms in total. The predicted octanol–water partition coefficient (Wildman–Crippen LogP) is 4.68. The first-order valence-corrected chi connectivity index (χ1v) is 7.35. The fraction of sp³-hybridized carbons (Fsp3) is 0.0500. The SMILES string of the molecule is Oc1ccc2ccccc2c1Cc1nccc2ccccc12. The van der Waals surface area contributed by atoms with Crippen LogP contribution in [0.5, 0.6) is 5.75 Å². The van der Waals surface area contributed by atoms with E-state index in [1.807, 2.05) is 42.6 Å². The molecule has 4 aromatic rings. The molecule has 1 heterocycles. The van der Waals surface area contributed by atoms with Gasteiger partial charge in [-0.3, -0.25) is 4.98 Å². The maximum atomic E-state index is 10.3. The van der Waals surface area contributed by atoms with Gasteiger partial charge in [0, 0.05) is 23.6 Å². The second-order valence-corrected chi connectivity index (χ2v) is 5.44. The number of aromatic hydroxyl groups is 1. The van der Waals surface area contributed by atoms with Crippen LogP contribution in [0.3, 0.4) is 0 Å². The number of hydrogen-bond acceptors (Lipinski definition) is 2. The van der Waals surface area contributed by atoms with Crippen LogP contribution in [-0.4, -0.2) is 10.1 Å². The molecule has 1 N–H and O–H groups in total. The Morgan fingerprint density at radius 3 is 2.23 bits per heavy atom. The Morgan fingerprint density at radius 2 is 1.41 bits per heavy atom. The standard InChI is InChI=1S/C20H15NO/c22-20-10-9-14-5-1-3-7-16(14)18(20)13-19-17-8-4-2-6-15(17)11-12-21-19/h1-12,22H,13H2. The number of hydrogen-bond donors (Lipinski definition) is 1. The van der Waals surface area contributed by atoms with E-state index in [4.69, 9.17) is 0 Å². The molecule has 0 saturated carbocycles. The van der Waals surface area contributed by atoms with E-state index in [9.17, 15) is 5.11 Å². The molecule has 2 heteroatoms. The molecule has 0 aliphatic rings. The molecule has 0 atom stereocenters. The van der Waals surface area contributed by atoms with Crippen LogP contribution < -0.4 is 0 Å². The monoisotopic (exact) mass is 285 g/mol. The molecule has 0 radical (unpaired) electrons. The fourth-order valence-electron chi connectivity index (χ4n) is 3.00. The van der Waals surface area contributed by atoms with E-state index in [2.05, 4.69) is 29.2 Å². The van der Waals surface area contributed by atoms with Crippen LogP contribution in [0, 0.1) is 0 Å². The average Bonchev–Trinajstić information content (AvgIpc) is 2.58. The molecule has 0 fully saturated rings. The number of fused-ring (bicyclic) bond motifs is 2. The van der Waals surface area contributed by atoms with Crippen molar-refractivity contribution in [3.8, 4) is 5.75 Å². The van der Waals surface area contributed by atoms with Gasteiger partial charge in [0.2, 0.25) is 0 Å². The normalized spacial score (nSPS) is 11.1. The summed E-state index contributed by atoms with van der Waals surface area (Å²) in [5.41, 5.74) is 1.92. The summed E-state index contributed by atoms with van der Waals surface area (Å²) in [6.07, 6.45) is 2.45. The number of pyridine rings is 1. The van der Waals surface area contributed by atoms with Crippen molar-refractivity contribution in [2.24, 2.45) is 0 Å². The second-order valence-electron chi connectivity index (χ2n) is 5.44. The van der Waals surface area contributed by atoms with Crippen molar-refractivity contribution in [1.29, 1.82) is 0 Å². The van der Waals surface area contributed by atoms with Crippen LogP contribution in [-0.2, 0) is 6.42 Å².